The van der Waals surface area contributed by atoms with E-state index < -0.39 is 39.4 Å². The van der Waals surface area contributed by atoms with Gasteiger partial charge in [-0.1, -0.05) is 31.4 Å². The monoisotopic (exact) mass is 469 g/mol. The van der Waals surface area contributed by atoms with E-state index in [2.05, 4.69) is 15.4 Å². The molecule has 0 heterocycles. The van der Waals surface area contributed by atoms with Gasteiger partial charge in [-0.05, 0) is 51.3 Å². The smallest absolute Gasteiger partial charge is 0.408 e. The summed E-state index contributed by atoms with van der Waals surface area (Å²) >= 11 is 0. The van der Waals surface area contributed by atoms with Crippen molar-refractivity contribution in [1.82, 2.24) is 15.4 Å². The lowest BCUT2D eigenvalue weighted by Gasteiger charge is -2.25. The van der Waals surface area contributed by atoms with Crippen molar-refractivity contribution in [3.63, 3.8) is 0 Å². The van der Waals surface area contributed by atoms with Crippen LogP contribution in [0.5, 0.6) is 5.75 Å². The number of methoxy groups -OCH3 is 1. The topological polar surface area (TPSA) is 123 Å². The molecule has 0 aliphatic heterocycles. The Hall–Kier alpha value is -2.33. The molecule has 2 amide bonds. The summed E-state index contributed by atoms with van der Waals surface area (Å²) in [5, 5.41) is 5.10. The van der Waals surface area contributed by atoms with Gasteiger partial charge in [0.15, 0.2) is 0 Å². The van der Waals surface area contributed by atoms with Crippen molar-refractivity contribution in [2.75, 3.05) is 12.9 Å². The Labute approximate surface area is 190 Å². The Morgan fingerprint density at radius 1 is 1.09 bits per heavy atom. The van der Waals surface area contributed by atoms with E-state index in [1.54, 1.807) is 52.1 Å². The van der Waals surface area contributed by atoms with Gasteiger partial charge in [-0.15, -0.1) is 0 Å². The molecular weight excluding hydrogens is 434 g/mol. The second-order valence-corrected chi connectivity index (χ2v) is 10.8. The summed E-state index contributed by atoms with van der Waals surface area (Å²) in [5.74, 6) is -0.498. The molecule has 0 radical (unpaired) electrons. The molecule has 0 unspecified atom stereocenters. The number of alkyl carbamates (subject to hydrolysis) is 1. The van der Waals surface area contributed by atoms with Crippen LogP contribution in [0.1, 0.15) is 58.4 Å². The zero-order chi connectivity index (χ0) is 23.8. The number of rotatable bonds is 9. The summed E-state index contributed by atoms with van der Waals surface area (Å²) in [6.07, 6.45) is 3.72. The maximum absolute atomic E-state index is 12.8. The highest BCUT2D eigenvalue weighted by molar-refractivity contribution is 7.89. The lowest BCUT2D eigenvalue weighted by molar-refractivity contribution is -0.122. The number of amides is 2. The fourth-order valence-corrected chi connectivity index (χ4v) is 4.94. The summed E-state index contributed by atoms with van der Waals surface area (Å²) in [4.78, 5) is 25.1. The van der Waals surface area contributed by atoms with Crippen molar-refractivity contribution >= 4 is 22.0 Å². The number of carbonyl (C=O) groups excluding carboxylic acids is 2. The van der Waals surface area contributed by atoms with Crippen molar-refractivity contribution in [3.05, 3.63) is 29.8 Å². The van der Waals surface area contributed by atoms with Crippen LogP contribution < -0.4 is 20.1 Å². The van der Waals surface area contributed by atoms with Gasteiger partial charge in [0.05, 0.1) is 12.9 Å². The normalized spacial score (nSPS) is 16.1. The molecule has 1 atom stereocenters. The molecule has 2 rings (SSSR count). The first kappa shape index (κ1) is 25.9. The van der Waals surface area contributed by atoms with E-state index >= 15 is 0 Å². The second-order valence-electron chi connectivity index (χ2n) is 9.00. The quantitative estimate of drug-likeness (QED) is 0.511. The number of nitrogens with one attached hydrogen (secondary N) is 3. The average Bonchev–Trinajstić information content (AvgIpc) is 2.70. The van der Waals surface area contributed by atoms with Crippen LogP contribution in [0.2, 0.25) is 0 Å². The molecule has 1 aromatic rings. The summed E-state index contributed by atoms with van der Waals surface area (Å²) in [7, 11) is -2.24. The molecule has 1 aliphatic carbocycles. The third-order valence-corrected chi connectivity index (χ3v) is 6.44. The van der Waals surface area contributed by atoms with Crippen LogP contribution in [0.4, 0.5) is 4.79 Å². The number of hydrogen-bond donors (Lipinski definition) is 3. The van der Waals surface area contributed by atoms with Crippen molar-refractivity contribution in [2.45, 2.75) is 77.1 Å². The highest BCUT2D eigenvalue weighted by atomic mass is 32.2. The molecule has 1 aliphatic rings. The van der Waals surface area contributed by atoms with Crippen LogP contribution in [0, 0.1) is 0 Å². The van der Waals surface area contributed by atoms with Crippen LogP contribution in [0.3, 0.4) is 0 Å². The summed E-state index contributed by atoms with van der Waals surface area (Å²) in [5.41, 5.74) is 0.0197. The largest absolute Gasteiger partial charge is 0.497 e. The van der Waals surface area contributed by atoms with Crippen molar-refractivity contribution in [3.8, 4) is 5.75 Å². The van der Waals surface area contributed by atoms with E-state index in [4.69, 9.17) is 9.47 Å². The van der Waals surface area contributed by atoms with Crippen LogP contribution in [-0.4, -0.2) is 51.0 Å². The first-order chi connectivity index (χ1) is 15.0. The summed E-state index contributed by atoms with van der Waals surface area (Å²) in [6, 6.07) is 5.66. The molecule has 0 bridgehead atoms. The fourth-order valence-electron chi connectivity index (χ4n) is 3.43. The molecule has 1 fully saturated rings. The Kier molecular flexibility index (Phi) is 9.33. The molecule has 9 nitrogen and oxygen atoms in total. The van der Waals surface area contributed by atoms with Gasteiger partial charge >= 0.3 is 6.09 Å². The van der Waals surface area contributed by atoms with Crippen LogP contribution in [0.15, 0.2) is 24.3 Å². The standard InChI is InChI=1S/C22H35N3O6S/c1-22(2,3)31-21(27)24-19(15-32(28,29)25-17-8-6-5-7-9-17)20(26)23-14-16-10-12-18(30-4)13-11-16/h10-13,17,19,25H,5-9,14-15H2,1-4H3,(H,23,26)(H,24,27)/t19-/m0/s1. The molecule has 1 aromatic carbocycles. The van der Waals surface area contributed by atoms with E-state index in [1.807, 2.05) is 0 Å². The van der Waals surface area contributed by atoms with E-state index in [9.17, 15) is 18.0 Å². The van der Waals surface area contributed by atoms with Gasteiger partial charge < -0.3 is 20.1 Å². The zero-order valence-corrected chi connectivity index (χ0v) is 20.1. The van der Waals surface area contributed by atoms with Gasteiger partial charge in [0, 0.05) is 12.6 Å². The number of ether oxygens (including phenoxy) is 2. The third kappa shape index (κ3) is 9.44. The van der Waals surface area contributed by atoms with Crippen LogP contribution in [0.25, 0.3) is 0 Å². The fraction of sp³-hybridized carbons (Fsp3) is 0.636. The van der Waals surface area contributed by atoms with Gasteiger partial charge in [-0.25, -0.2) is 17.9 Å². The predicted octanol–water partition coefficient (Wildman–Crippen LogP) is 2.46. The highest BCUT2D eigenvalue weighted by Crippen LogP contribution is 2.18. The molecule has 180 valence electrons. The lowest BCUT2D eigenvalue weighted by atomic mass is 9.96. The Morgan fingerprint density at radius 3 is 2.28 bits per heavy atom. The van der Waals surface area contributed by atoms with Crippen molar-refractivity contribution in [2.24, 2.45) is 0 Å². The summed E-state index contributed by atoms with van der Waals surface area (Å²) < 4.78 is 38.5. The molecule has 3 N–H and O–H groups in total. The van der Waals surface area contributed by atoms with E-state index in [1.165, 1.54) is 0 Å². The summed E-state index contributed by atoms with van der Waals surface area (Å²) in [6.45, 7) is 5.23. The van der Waals surface area contributed by atoms with Gasteiger partial charge in [-0.2, -0.15) is 0 Å². The van der Waals surface area contributed by atoms with Crippen LogP contribution >= 0.6 is 0 Å². The minimum absolute atomic E-state index is 0.140. The maximum atomic E-state index is 12.8. The number of sulfonamides is 1. The molecule has 0 aromatic heterocycles. The zero-order valence-electron chi connectivity index (χ0n) is 19.3. The van der Waals surface area contributed by atoms with E-state index in [0.29, 0.717) is 5.75 Å². The van der Waals surface area contributed by atoms with Crippen molar-refractivity contribution < 1.29 is 27.5 Å². The van der Waals surface area contributed by atoms with E-state index in [-0.39, 0.29) is 12.6 Å². The molecule has 1 saturated carbocycles. The molecule has 0 spiro atoms. The van der Waals surface area contributed by atoms with Gasteiger partial charge in [0.2, 0.25) is 15.9 Å². The number of benzene rings is 1. The molecular formula is C22H35N3O6S. The predicted molar refractivity (Wildman–Crippen MR) is 122 cm³/mol. The van der Waals surface area contributed by atoms with Gasteiger partial charge in [0.1, 0.15) is 17.4 Å². The first-order valence-corrected chi connectivity index (χ1v) is 12.5. The van der Waals surface area contributed by atoms with Crippen LogP contribution in [-0.2, 0) is 26.1 Å². The SMILES string of the molecule is COc1ccc(CNC(=O)[C@H](CS(=O)(=O)NC2CCCCC2)NC(=O)OC(C)(C)C)cc1. The molecule has 0 saturated heterocycles. The Morgan fingerprint density at radius 2 is 1.72 bits per heavy atom. The Bertz CT molecular complexity index is 859. The molecule has 32 heavy (non-hydrogen) atoms. The third-order valence-electron chi connectivity index (χ3n) is 4.97. The number of carbonyl (C=O) groups is 2. The minimum atomic E-state index is -3.80. The maximum Gasteiger partial charge on any atom is 0.408 e. The Balaban J connectivity index is 2.05. The second kappa shape index (κ2) is 11.5. The molecule has 10 heteroatoms. The van der Waals surface area contributed by atoms with Crippen molar-refractivity contribution in [1.29, 1.82) is 0 Å². The van der Waals surface area contributed by atoms with E-state index in [0.717, 1.165) is 37.7 Å². The number of hydrogen-bond acceptors (Lipinski definition) is 6. The van der Waals surface area contributed by atoms with Gasteiger partial charge in [-0.3, -0.25) is 4.79 Å². The van der Waals surface area contributed by atoms with Gasteiger partial charge in [0.25, 0.3) is 0 Å². The first-order valence-electron chi connectivity index (χ1n) is 10.9. The minimum Gasteiger partial charge on any atom is -0.497 e. The lowest BCUT2D eigenvalue weighted by Crippen LogP contribution is -2.53. The highest BCUT2D eigenvalue weighted by Gasteiger charge is 2.30. The average molecular weight is 470 g/mol.